The minimum atomic E-state index is -0.456. The van der Waals surface area contributed by atoms with E-state index in [9.17, 15) is 9.59 Å². The second-order valence-electron chi connectivity index (χ2n) is 4.46. The normalized spacial score (nSPS) is 15.9. The average Bonchev–Trinajstić information content (AvgIpc) is 2.74. The van der Waals surface area contributed by atoms with Crippen molar-refractivity contribution in [2.45, 2.75) is 32.6 Å². The first-order valence-corrected chi connectivity index (χ1v) is 7.52. The van der Waals surface area contributed by atoms with Gasteiger partial charge in [0, 0.05) is 18.5 Å². The number of rotatable bonds is 3. The lowest BCUT2D eigenvalue weighted by molar-refractivity contribution is 0.0526. The predicted molar refractivity (Wildman–Crippen MR) is 72.4 cm³/mol. The number of hydrogen-bond acceptors (Lipinski definition) is 5. The summed E-state index contributed by atoms with van der Waals surface area (Å²) in [5.41, 5.74) is 0.356. The van der Waals surface area contributed by atoms with Crippen molar-refractivity contribution >= 4 is 23.2 Å². The molecule has 2 heterocycles. The van der Waals surface area contributed by atoms with Crippen molar-refractivity contribution in [2.24, 2.45) is 0 Å². The van der Waals surface area contributed by atoms with Crippen LogP contribution in [0.15, 0.2) is 5.38 Å². The van der Waals surface area contributed by atoms with E-state index in [0.717, 1.165) is 37.3 Å². The molecule has 1 aliphatic heterocycles. The van der Waals surface area contributed by atoms with Crippen LogP contribution in [0.5, 0.6) is 0 Å². The third kappa shape index (κ3) is 3.53. The molecule has 104 valence electrons. The van der Waals surface area contributed by atoms with Crippen molar-refractivity contribution in [3.63, 3.8) is 0 Å². The van der Waals surface area contributed by atoms with Crippen molar-refractivity contribution in [2.75, 3.05) is 19.7 Å². The first-order valence-electron chi connectivity index (χ1n) is 6.64. The standard InChI is InChI=1S/C13H18N2O3S/c1-2-18-13(17)11-14-10(9-19-11)12(16)15-7-5-3-4-6-8-15/h9H,2-8H2,1H3. The van der Waals surface area contributed by atoms with Crippen LogP contribution in [0, 0.1) is 0 Å². The highest BCUT2D eigenvalue weighted by Crippen LogP contribution is 2.16. The van der Waals surface area contributed by atoms with E-state index in [1.54, 1.807) is 12.3 Å². The van der Waals surface area contributed by atoms with Gasteiger partial charge in [0.25, 0.3) is 5.91 Å². The summed E-state index contributed by atoms with van der Waals surface area (Å²) in [4.78, 5) is 29.7. The summed E-state index contributed by atoms with van der Waals surface area (Å²) < 4.78 is 4.87. The van der Waals surface area contributed by atoms with Crippen molar-refractivity contribution in [3.05, 3.63) is 16.1 Å². The van der Waals surface area contributed by atoms with Gasteiger partial charge in [-0.3, -0.25) is 4.79 Å². The molecule has 0 atom stereocenters. The molecule has 2 rings (SSSR count). The minimum absolute atomic E-state index is 0.0753. The molecule has 0 unspecified atom stereocenters. The number of nitrogens with zero attached hydrogens (tertiary/aromatic N) is 2. The van der Waals surface area contributed by atoms with Gasteiger partial charge in [0.05, 0.1) is 6.61 Å². The van der Waals surface area contributed by atoms with Gasteiger partial charge < -0.3 is 9.64 Å². The number of esters is 1. The van der Waals surface area contributed by atoms with Crippen LogP contribution < -0.4 is 0 Å². The number of thiazole rings is 1. The molecule has 1 amide bonds. The lowest BCUT2D eigenvalue weighted by Gasteiger charge is -2.18. The van der Waals surface area contributed by atoms with Gasteiger partial charge in [0.2, 0.25) is 5.01 Å². The molecule has 5 nitrogen and oxygen atoms in total. The zero-order chi connectivity index (χ0) is 13.7. The molecule has 0 N–H and O–H groups in total. The third-order valence-corrected chi connectivity index (χ3v) is 3.89. The van der Waals surface area contributed by atoms with Gasteiger partial charge in [-0.1, -0.05) is 12.8 Å². The lowest BCUT2D eigenvalue weighted by atomic mass is 10.2. The number of ether oxygens (including phenoxy) is 1. The Morgan fingerprint density at radius 3 is 2.63 bits per heavy atom. The second kappa shape index (κ2) is 6.65. The molecule has 1 aliphatic rings. The predicted octanol–water partition coefficient (Wildman–Crippen LogP) is 2.34. The smallest absolute Gasteiger partial charge is 0.367 e. The average molecular weight is 282 g/mol. The maximum atomic E-state index is 12.3. The fraction of sp³-hybridized carbons (Fsp3) is 0.615. The molecule has 0 bridgehead atoms. The highest BCUT2D eigenvalue weighted by Gasteiger charge is 2.21. The van der Waals surface area contributed by atoms with E-state index in [-0.39, 0.29) is 10.9 Å². The third-order valence-electron chi connectivity index (χ3n) is 3.07. The van der Waals surface area contributed by atoms with Gasteiger partial charge >= 0.3 is 5.97 Å². The zero-order valence-electron chi connectivity index (χ0n) is 11.1. The van der Waals surface area contributed by atoms with Crippen molar-refractivity contribution < 1.29 is 14.3 Å². The van der Waals surface area contributed by atoms with Crippen LogP contribution in [0.2, 0.25) is 0 Å². The van der Waals surface area contributed by atoms with E-state index in [0.29, 0.717) is 12.3 Å². The summed E-state index contributed by atoms with van der Waals surface area (Å²) in [6.07, 6.45) is 4.44. The molecule has 0 radical (unpaired) electrons. The molecule has 19 heavy (non-hydrogen) atoms. The topological polar surface area (TPSA) is 59.5 Å². The van der Waals surface area contributed by atoms with Gasteiger partial charge in [0.1, 0.15) is 5.69 Å². The monoisotopic (exact) mass is 282 g/mol. The van der Waals surface area contributed by atoms with Gasteiger partial charge in [-0.05, 0) is 19.8 Å². The Kier molecular flexibility index (Phi) is 4.90. The first-order chi connectivity index (χ1) is 9.22. The summed E-state index contributed by atoms with van der Waals surface area (Å²) in [6.45, 7) is 3.62. The number of hydrogen-bond donors (Lipinski definition) is 0. The van der Waals surface area contributed by atoms with Gasteiger partial charge in [0.15, 0.2) is 0 Å². The number of likely N-dealkylation sites (tertiary alicyclic amines) is 1. The van der Waals surface area contributed by atoms with E-state index in [2.05, 4.69) is 4.98 Å². The number of aromatic nitrogens is 1. The van der Waals surface area contributed by atoms with Gasteiger partial charge in [-0.25, -0.2) is 9.78 Å². The first kappa shape index (κ1) is 14.0. The Hall–Kier alpha value is -1.43. The van der Waals surface area contributed by atoms with Crippen LogP contribution in [0.3, 0.4) is 0 Å². The van der Waals surface area contributed by atoms with Crippen LogP contribution in [-0.2, 0) is 4.74 Å². The van der Waals surface area contributed by atoms with Crippen LogP contribution in [0.1, 0.15) is 52.9 Å². The number of carbonyl (C=O) groups is 2. The summed E-state index contributed by atoms with van der Waals surface area (Å²) in [5.74, 6) is -0.531. The molecule has 1 aromatic rings. The maximum Gasteiger partial charge on any atom is 0.367 e. The molecule has 0 saturated carbocycles. The molecule has 0 aromatic carbocycles. The van der Waals surface area contributed by atoms with E-state index in [1.807, 2.05) is 4.90 Å². The molecule has 1 aromatic heterocycles. The zero-order valence-corrected chi connectivity index (χ0v) is 11.9. The fourth-order valence-electron chi connectivity index (χ4n) is 2.09. The van der Waals surface area contributed by atoms with Crippen molar-refractivity contribution in [1.29, 1.82) is 0 Å². The Labute approximate surface area is 116 Å². The fourth-order valence-corrected chi connectivity index (χ4v) is 2.78. The second-order valence-corrected chi connectivity index (χ2v) is 5.32. The van der Waals surface area contributed by atoms with Crippen LogP contribution in [0.25, 0.3) is 0 Å². The highest BCUT2D eigenvalue weighted by atomic mass is 32.1. The maximum absolute atomic E-state index is 12.3. The quantitative estimate of drug-likeness (QED) is 0.798. The Balaban J connectivity index is 2.04. The van der Waals surface area contributed by atoms with Crippen LogP contribution >= 0.6 is 11.3 Å². The molecular weight excluding hydrogens is 264 g/mol. The lowest BCUT2D eigenvalue weighted by Crippen LogP contribution is -2.32. The van der Waals surface area contributed by atoms with Crippen molar-refractivity contribution in [1.82, 2.24) is 9.88 Å². The molecule has 0 spiro atoms. The number of amides is 1. The Morgan fingerprint density at radius 1 is 1.32 bits per heavy atom. The SMILES string of the molecule is CCOC(=O)c1nc(C(=O)N2CCCCCC2)cs1. The molecule has 1 saturated heterocycles. The molecule has 6 heteroatoms. The Bertz CT molecular complexity index is 450. The minimum Gasteiger partial charge on any atom is -0.461 e. The summed E-state index contributed by atoms with van der Waals surface area (Å²) in [7, 11) is 0. The summed E-state index contributed by atoms with van der Waals surface area (Å²) in [6, 6.07) is 0. The van der Waals surface area contributed by atoms with Crippen molar-refractivity contribution in [3.8, 4) is 0 Å². The molecule has 1 fully saturated rings. The Morgan fingerprint density at radius 2 is 2.00 bits per heavy atom. The van der Waals surface area contributed by atoms with Crippen LogP contribution in [0.4, 0.5) is 0 Å². The van der Waals surface area contributed by atoms with Crippen LogP contribution in [-0.4, -0.2) is 41.5 Å². The van der Waals surface area contributed by atoms with E-state index < -0.39 is 5.97 Å². The number of carbonyl (C=O) groups excluding carboxylic acids is 2. The van der Waals surface area contributed by atoms with E-state index >= 15 is 0 Å². The molecule has 0 aliphatic carbocycles. The summed E-state index contributed by atoms with van der Waals surface area (Å²) in [5, 5.41) is 1.89. The van der Waals surface area contributed by atoms with Gasteiger partial charge in [-0.2, -0.15) is 0 Å². The molecular formula is C13H18N2O3S. The van der Waals surface area contributed by atoms with Gasteiger partial charge in [-0.15, -0.1) is 11.3 Å². The largest absolute Gasteiger partial charge is 0.461 e. The van der Waals surface area contributed by atoms with E-state index in [4.69, 9.17) is 4.74 Å². The van der Waals surface area contributed by atoms with E-state index in [1.165, 1.54) is 12.8 Å². The summed E-state index contributed by atoms with van der Waals surface area (Å²) >= 11 is 1.16. The highest BCUT2D eigenvalue weighted by molar-refractivity contribution is 7.11.